The maximum atomic E-state index is 3.59. The zero-order chi connectivity index (χ0) is 9.71. The molecule has 72 valence electrons. The van der Waals surface area contributed by atoms with E-state index < -0.39 is 0 Å². The van der Waals surface area contributed by atoms with E-state index in [4.69, 9.17) is 0 Å². The third-order valence-electron chi connectivity index (χ3n) is 3.01. The molecule has 1 heterocycles. The van der Waals surface area contributed by atoms with Gasteiger partial charge in [-0.1, -0.05) is 15.9 Å². The minimum Gasteiger partial charge on any atom is -0.361 e. The summed E-state index contributed by atoms with van der Waals surface area (Å²) in [6.07, 6.45) is 4.89. The van der Waals surface area contributed by atoms with Gasteiger partial charge >= 0.3 is 0 Å². The lowest BCUT2D eigenvalue weighted by molar-refractivity contribution is 1.15. The monoisotopic (exact) mass is 249 g/mol. The fraction of sp³-hybridized carbons (Fsp3) is 0.333. The first-order valence-electron chi connectivity index (χ1n) is 5.03. The summed E-state index contributed by atoms with van der Waals surface area (Å²) in [7, 11) is 0. The molecule has 0 bridgehead atoms. The molecule has 1 aliphatic carbocycles. The van der Waals surface area contributed by atoms with Gasteiger partial charge in [-0.3, -0.25) is 0 Å². The van der Waals surface area contributed by atoms with Gasteiger partial charge in [0.25, 0.3) is 0 Å². The van der Waals surface area contributed by atoms with Crippen LogP contribution in [0.2, 0.25) is 0 Å². The second-order valence-electron chi connectivity index (χ2n) is 4.17. The van der Waals surface area contributed by atoms with Crippen LogP contribution in [0.15, 0.2) is 22.8 Å². The van der Waals surface area contributed by atoms with E-state index in [1.54, 1.807) is 0 Å². The van der Waals surface area contributed by atoms with Crippen LogP contribution in [0.25, 0.3) is 10.9 Å². The van der Waals surface area contributed by atoms with Crippen LogP contribution in [-0.4, -0.2) is 4.98 Å². The topological polar surface area (TPSA) is 15.8 Å². The Balaban J connectivity index is 2.29. The third kappa shape index (κ3) is 1.21. The van der Waals surface area contributed by atoms with Gasteiger partial charge in [-0.05, 0) is 48.9 Å². The van der Waals surface area contributed by atoms with Crippen LogP contribution < -0.4 is 0 Å². The number of nitrogens with one attached hydrogen (secondary N) is 1. The predicted molar refractivity (Wildman–Crippen MR) is 62.7 cm³/mol. The highest BCUT2D eigenvalue weighted by Crippen LogP contribution is 2.43. The number of benzene rings is 1. The Morgan fingerprint density at radius 3 is 2.86 bits per heavy atom. The third-order valence-corrected chi connectivity index (χ3v) is 3.86. The van der Waals surface area contributed by atoms with Gasteiger partial charge in [0.15, 0.2) is 0 Å². The first kappa shape index (κ1) is 8.54. The second-order valence-corrected chi connectivity index (χ2v) is 5.02. The highest BCUT2D eigenvalue weighted by atomic mass is 79.9. The smallest absolute Gasteiger partial charge is 0.0460 e. The van der Waals surface area contributed by atoms with E-state index in [0.29, 0.717) is 0 Å². The average Bonchev–Trinajstić information content (AvgIpc) is 2.91. The van der Waals surface area contributed by atoms with Gasteiger partial charge in [0.05, 0.1) is 0 Å². The largest absolute Gasteiger partial charge is 0.361 e. The van der Waals surface area contributed by atoms with Crippen LogP contribution in [0.3, 0.4) is 0 Å². The molecule has 1 fully saturated rings. The number of aromatic amines is 1. The van der Waals surface area contributed by atoms with E-state index in [-0.39, 0.29) is 0 Å². The van der Waals surface area contributed by atoms with Crippen molar-refractivity contribution in [1.29, 1.82) is 0 Å². The number of halogens is 1. The van der Waals surface area contributed by atoms with Crippen molar-refractivity contribution < 1.29 is 0 Å². The quantitative estimate of drug-likeness (QED) is 0.783. The fourth-order valence-electron chi connectivity index (χ4n) is 2.01. The molecule has 14 heavy (non-hydrogen) atoms. The summed E-state index contributed by atoms with van der Waals surface area (Å²) >= 11 is 3.59. The summed E-state index contributed by atoms with van der Waals surface area (Å²) in [4.78, 5) is 3.36. The van der Waals surface area contributed by atoms with Crippen LogP contribution >= 0.6 is 15.9 Å². The van der Waals surface area contributed by atoms with E-state index >= 15 is 0 Å². The van der Waals surface area contributed by atoms with Crippen molar-refractivity contribution in [2.45, 2.75) is 25.7 Å². The summed E-state index contributed by atoms with van der Waals surface area (Å²) in [6, 6.07) is 4.46. The summed E-state index contributed by atoms with van der Waals surface area (Å²) < 4.78 is 1.21. The molecule has 2 aromatic rings. The molecule has 1 aliphatic rings. The van der Waals surface area contributed by atoms with Crippen LogP contribution in [0.1, 0.15) is 29.9 Å². The molecular weight excluding hydrogens is 238 g/mol. The molecule has 0 aliphatic heterocycles. The molecule has 3 rings (SSSR count). The van der Waals surface area contributed by atoms with E-state index in [0.717, 1.165) is 5.92 Å². The number of aryl methyl sites for hydroxylation is 1. The Kier molecular flexibility index (Phi) is 1.75. The lowest BCUT2D eigenvalue weighted by atomic mass is 10.1. The molecule has 0 amide bonds. The van der Waals surface area contributed by atoms with Gasteiger partial charge in [-0.25, -0.2) is 0 Å². The maximum absolute atomic E-state index is 3.59. The number of fused-ring (bicyclic) bond motifs is 1. The molecule has 0 spiro atoms. The first-order chi connectivity index (χ1) is 6.75. The minimum atomic E-state index is 0.818. The zero-order valence-corrected chi connectivity index (χ0v) is 9.69. The summed E-state index contributed by atoms with van der Waals surface area (Å²) in [5, 5.41) is 1.39. The van der Waals surface area contributed by atoms with Crippen molar-refractivity contribution in [3.05, 3.63) is 33.9 Å². The lowest BCUT2D eigenvalue weighted by Gasteiger charge is -2.00. The van der Waals surface area contributed by atoms with Crippen molar-refractivity contribution in [1.82, 2.24) is 4.98 Å². The number of rotatable bonds is 1. The standard InChI is InChI=1S/C12H12BrN/c1-7-4-12-9(5-11(7)13)10(6-14-12)8-2-3-8/h4-6,8,14H,2-3H2,1H3. The second kappa shape index (κ2) is 2.86. The Bertz CT molecular complexity index is 494. The van der Waals surface area contributed by atoms with Gasteiger partial charge in [0.2, 0.25) is 0 Å². The average molecular weight is 250 g/mol. The van der Waals surface area contributed by atoms with Crippen molar-refractivity contribution in [2.24, 2.45) is 0 Å². The van der Waals surface area contributed by atoms with Gasteiger partial charge < -0.3 is 4.98 Å². The highest BCUT2D eigenvalue weighted by Gasteiger charge is 2.26. The van der Waals surface area contributed by atoms with E-state index in [9.17, 15) is 0 Å². The normalized spacial score (nSPS) is 16.4. The lowest BCUT2D eigenvalue weighted by Crippen LogP contribution is -1.78. The first-order valence-corrected chi connectivity index (χ1v) is 5.82. The summed E-state index contributed by atoms with van der Waals surface area (Å²) in [6.45, 7) is 2.13. The van der Waals surface area contributed by atoms with Crippen LogP contribution in [0.5, 0.6) is 0 Å². The summed E-state index contributed by atoms with van der Waals surface area (Å²) in [5.74, 6) is 0.818. The number of H-pyrrole nitrogens is 1. The molecule has 0 unspecified atom stereocenters. The molecule has 0 radical (unpaired) electrons. The predicted octanol–water partition coefficient (Wildman–Crippen LogP) is 4.12. The number of aromatic nitrogens is 1. The molecule has 1 nitrogen and oxygen atoms in total. The fourth-order valence-corrected chi connectivity index (χ4v) is 2.35. The maximum Gasteiger partial charge on any atom is 0.0460 e. The summed E-state index contributed by atoms with van der Waals surface area (Å²) in [5.41, 5.74) is 4.06. The van der Waals surface area contributed by atoms with Crippen molar-refractivity contribution in [3.63, 3.8) is 0 Å². The van der Waals surface area contributed by atoms with E-state index in [1.807, 2.05) is 0 Å². The van der Waals surface area contributed by atoms with Gasteiger partial charge in [0.1, 0.15) is 0 Å². The van der Waals surface area contributed by atoms with E-state index in [1.165, 1.54) is 39.3 Å². The number of hydrogen-bond donors (Lipinski definition) is 1. The van der Waals surface area contributed by atoms with Gasteiger partial charge in [-0.15, -0.1) is 0 Å². The Morgan fingerprint density at radius 2 is 2.14 bits per heavy atom. The van der Waals surface area contributed by atoms with E-state index in [2.05, 4.69) is 46.2 Å². The van der Waals surface area contributed by atoms with Crippen LogP contribution in [-0.2, 0) is 0 Å². The Hall–Kier alpha value is -0.760. The molecule has 1 aromatic heterocycles. The number of hydrogen-bond acceptors (Lipinski definition) is 0. The van der Waals surface area contributed by atoms with Crippen LogP contribution in [0.4, 0.5) is 0 Å². The minimum absolute atomic E-state index is 0.818. The SMILES string of the molecule is Cc1cc2[nH]cc(C3CC3)c2cc1Br. The zero-order valence-electron chi connectivity index (χ0n) is 8.10. The van der Waals surface area contributed by atoms with Crippen molar-refractivity contribution in [3.8, 4) is 0 Å². The molecule has 2 heteroatoms. The van der Waals surface area contributed by atoms with Crippen molar-refractivity contribution >= 4 is 26.8 Å². The van der Waals surface area contributed by atoms with Crippen molar-refractivity contribution in [2.75, 3.05) is 0 Å². The molecule has 1 aromatic carbocycles. The Labute approximate surface area is 91.6 Å². The van der Waals surface area contributed by atoms with Gasteiger partial charge in [-0.2, -0.15) is 0 Å². The molecule has 1 saturated carbocycles. The molecular formula is C12H12BrN. The van der Waals surface area contributed by atoms with Crippen LogP contribution in [0, 0.1) is 6.92 Å². The molecule has 0 saturated heterocycles. The molecule has 0 atom stereocenters. The Morgan fingerprint density at radius 1 is 1.36 bits per heavy atom. The van der Waals surface area contributed by atoms with Gasteiger partial charge in [0, 0.05) is 21.6 Å². The highest BCUT2D eigenvalue weighted by molar-refractivity contribution is 9.10. The molecule has 1 N–H and O–H groups in total.